The lowest BCUT2D eigenvalue weighted by Gasteiger charge is -2.20. The summed E-state index contributed by atoms with van der Waals surface area (Å²) in [4.78, 5) is 26.1. The van der Waals surface area contributed by atoms with Gasteiger partial charge in [-0.2, -0.15) is 0 Å². The van der Waals surface area contributed by atoms with E-state index in [0.29, 0.717) is 28.6 Å². The Morgan fingerprint density at radius 2 is 1.69 bits per heavy atom. The second-order valence-corrected chi connectivity index (χ2v) is 6.27. The van der Waals surface area contributed by atoms with E-state index in [2.05, 4.69) is 0 Å². The smallest absolute Gasteiger partial charge is 0.223 e. The van der Waals surface area contributed by atoms with Gasteiger partial charge in [-0.1, -0.05) is 23.7 Å². The van der Waals surface area contributed by atoms with E-state index in [1.54, 1.807) is 56.5 Å². The number of Topliss-reactive ketones (excluding diaryl/α,β-unsaturated/α-hetero) is 1. The average molecular weight is 376 g/mol. The van der Waals surface area contributed by atoms with Gasteiger partial charge in [-0.15, -0.1) is 0 Å². The number of para-hydroxylation sites is 1. The minimum atomic E-state index is -0.114. The Balaban J connectivity index is 1.95. The maximum absolute atomic E-state index is 12.4. The predicted octanol–water partition coefficient (Wildman–Crippen LogP) is 3.98. The van der Waals surface area contributed by atoms with Crippen LogP contribution in [0.25, 0.3) is 0 Å². The Morgan fingerprint density at radius 3 is 2.31 bits per heavy atom. The molecule has 0 aliphatic rings. The summed E-state index contributed by atoms with van der Waals surface area (Å²) in [6.45, 7) is 0.369. The van der Waals surface area contributed by atoms with Gasteiger partial charge in [0, 0.05) is 42.6 Å². The summed E-state index contributed by atoms with van der Waals surface area (Å²) in [5.74, 6) is 1.02. The van der Waals surface area contributed by atoms with E-state index in [1.807, 2.05) is 12.1 Å². The van der Waals surface area contributed by atoms with Gasteiger partial charge in [-0.3, -0.25) is 9.59 Å². The number of hydrogen-bond acceptors (Lipinski definition) is 4. The number of amides is 1. The normalized spacial score (nSPS) is 10.3. The fourth-order valence-electron chi connectivity index (χ4n) is 2.61. The molecule has 1 amide bonds. The molecule has 0 saturated carbocycles. The molecule has 0 fully saturated rings. The molecule has 0 N–H and O–H groups in total. The Bertz CT molecular complexity index is 774. The first-order chi connectivity index (χ1) is 12.5. The topological polar surface area (TPSA) is 55.8 Å². The van der Waals surface area contributed by atoms with Gasteiger partial charge < -0.3 is 14.4 Å². The molecule has 6 heteroatoms. The predicted molar refractivity (Wildman–Crippen MR) is 101 cm³/mol. The van der Waals surface area contributed by atoms with Gasteiger partial charge in [0.25, 0.3) is 0 Å². The van der Waals surface area contributed by atoms with Crippen LogP contribution in [0.2, 0.25) is 5.02 Å². The quantitative estimate of drug-likeness (QED) is 0.655. The molecule has 5 nitrogen and oxygen atoms in total. The average Bonchev–Trinajstić information content (AvgIpc) is 2.65. The maximum Gasteiger partial charge on any atom is 0.223 e. The van der Waals surface area contributed by atoms with Crippen LogP contribution >= 0.6 is 11.6 Å². The maximum atomic E-state index is 12.4. The molecule has 0 aromatic heterocycles. The Morgan fingerprint density at radius 1 is 1.00 bits per heavy atom. The fourth-order valence-corrected chi connectivity index (χ4v) is 2.74. The molecule has 2 aromatic rings. The van der Waals surface area contributed by atoms with E-state index >= 15 is 0 Å². The van der Waals surface area contributed by atoms with Crippen molar-refractivity contribution >= 4 is 23.3 Å². The van der Waals surface area contributed by atoms with Crippen LogP contribution in [-0.4, -0.2) is 37.9 Å². The third-order valence-electron chi connectivity index (χ3n) is 4.05. The molecule has 0 unspecified atom stereocenters. The summed E-state index contributed by atoms with van der Waals surface area (Å²) in [6.07, 6.45) is 0.296. The van der Waals surface area contributed by atoms with E-state index in [4.69, 9.17) is 21.1 Å². The molecular weight excluding hydrogens is 354 g/mol. The highest BCUT2D eigenvalue weighted by Gasteiger charge is 2.16. The highest BCUT2D eigenvalue weighted by Crippen LogP contribution is 2.31. The number of rotatable bonds is 8. The first-order valence-electron chi connectivity index (χ1n) is 8.19. The monoisotopic (exact) mass is 375 g/mol. The van der Waals surface area contributed by atoms with Crippen LogP contribution in [0.1, 0.15) is 28.8 Å². The number of benzene rings is 2. The lowest BCUT2D eigenvalue weighted by molar-refractivity contribution is -0.130. The number of ketones is 1. The minimum absolute atomic E-state index is 0.0811. The van der Waals surface area contributed by atoms with Crippen molar-refractivity contribution in [3.05, 3.63) is 58.6 Å². The van der Waals surface area contributed by atoms with Crippen LogP contribution in [0.15, 0.2) is 42.5 Å². The fraction of sp³-hybridized carbons (Fsp3) is 0.300. The molecule has 0 saturated heterocycles. The highest BCUT2D eigenvalue weighted by molar-refractivity contribution is 6.30. The van der Waals surface area contributed by atoms with Gasteiger partial charge in [-0.05, 0) is 30.3 Å². The number of carbonyl (C=O) groups excluding carboxylic acids is 2. The molecule has 2 rings (SSSR count). The van der Waals surface area contributed by atoms with Crippen LogP contribution in [0.4, 0.5) is 0 Å². The van der Waals surface area contributed by atoms with Crippen molar-refractivity contribution in [2.24, 2.45) is 0 Å². The molecule has 0 atom stereocenters. The van der Waals surface area contributed by atoms with Gasteiger partial charge in [0.1, 0.15) is 0 Å². The molecule has 0 bridgehead atoms. The Kier molecular flexibility index (Phi) is 7.04. The van der Waals surface area contributed by atoms with Crippen molar-refractivity contribution < 1.29 is 19.1 Å². The zero-order chi connectivity index (χ0) is 19.1. The molecule has 0 spiro atoms. The van der Waals surface area contributed by atoms with Gasteiger partial charge in [0.05, 0.1) is 14.2 Å². The third-order valence-corrected chi connectivity index (χ3v) is 4.30. The van der Waals surface area contributed by atoms with Gasteiger partial charge >= 0.3 is 0 Å². The van der Waals surface area contributed by atoms with Gasteiger partial charge in [-0.25, -0.2) is 0 Å². The van der Waals surface area contributed by atoms with E-state index in [-0.39, 0.29) is 24.5 Å². The van der Waals surface area contributed by atoms with Crippen molar-refractivity contribution in [2.75, 3.05) is 21.3 Å². The largest absolute Gasteiger partial charge is 0.493 e. The molecule has 0 aliphatic carbocycles. The summed E-state index contributed by atoms with van der Waals surface area (Å²) < 4.78 is 10.7. The van der Waals surface area contributed by atoms with Gasteiger partial charge in [0.2, 0.25) is 5.91 Å². The summed E-state index contributed by atoms with van der Waals surface area (Å²) in [7, 11) is 4.83. The van der Waals surface area contributed by atoms with E-state index < -0.39 is 0 Å². The number of carbonyl (C=O) groups is 2. The van der Waals surface area contributed by atoms with E-state index in [0.717, 1.165) is 5.56 Å². The molecular formula is C20H22ClNO4. The van der Waals surface area contributed by atoms with Crippen LogP contribution in [0, 0.1) is 0 Å². The standard InChI is InChI=1S/C20H22ClNO4/c1-22(13-15-5-4-6-18(25-2)20(15)26-3)19(24)12-11-17(23)14-7-9-16(21)10-8-14/h4-10H,11-13H2,1-3H3. The van der Waals surface area contributed by atoms with Crippen LogP contribution in [-0.2, 0) is 11.3 Å². The molecule has 0 radical (unpaired) electrons. The zero-order valence-corrected chi connectivity index (χ0v) is 15.9. The molecule has 0 heterocycles. The SMILES string of the molecule is COc1cccc(CN(C)C(=O)CCC(=O)c2ccc(Cl)cc2)c1OC. The minimum Gasteiger partial charge on any atom is -0.493 e. The lowest BCUT2D eigenvalue weighted by Crippen LogP contribution is -2.26. The summed E-state index contributed by atoms with van der Waals surface area (Å²) in [6, 6.07) is 12.2. The summed E-state index contributed by atoms with van der Waals surface area (Å²) >= 11 is 5.82. The third kappa shape index (κ3) is 4.99. The van der Waals surface area contributed by atoms with Gasteiger partial charge in [0.15, 0.2) is 17.3 Å². The molecule has 26 heavy (non-hydrogen) atoms. The highest BCUT2D eigenvalue weighted by atomic mass is 35.5. The van der Waals surface area contributed by atoms with Crippen LogP contribution in [0.5, 0.6) is 11.5 Å². The number of methoxy groups -OCH3 is 2. The van der Waals surface area contributed by atoms with Crippen molar-refractivity contribution in [3.8, 4) is 11.5 Å². The van der Waals surface area contributed by atoms with Crippen LogP contribution < -0.4 is 9.47 Å². The number of ether oxygens (including phenoxy) is 2. The molecule has 138 valence electrons. The van der Waals surface area contributed by atoms with Crippen molar-refractivity contribution in [1.29, 1.82) is 0 Å². The summed E-state index contributed by atoms with van der Waals surface area (Å²) in [5.41, 5.74) is 1.39. The number of nitrogens with zero attached hydrogens (tertiary/aromatic N) is 1. The molecule has 0 aliphatic heterocycles. The lowest BCUT2D eigenvalue weighted by atomic mass is 10.1. The van der Waals surface area contributed by atoms with Crippen molar-refractivity contribution in [2.45, 2.75) is 19.4 Å². The number of hydrogen-bond donors (Lipinski definition) is 0. The zero-order valence-electron chi connectivity index (χ0n) is 15.1. The Hall–Kier alpha value is -2.53. The summed E-state index contributed by atoms with van der Waals surface area (Å²) in [5, 5.41) is 0.574. The number of halogens is 1. The second kappa shape index (κ2) is 9.25. The Labute approximate surface area is 158 Å². The first-order valence-corrected chi connectivity index (χ1v) is 8.56. The van der Waals surface area contributed by atoms with Crippen LogP contribution in [0.3, 0.4) is 0 Å². The van der Waals surface area contributed by atoms with E-state index in [9.17, 15) is 9.59 Å². The van der Waals surface area contributed by atoms with E-state index in [1.165, 1.54) is 0 Å². The first kappa shape index (κ1) is 19.8. The molecule has 2 aromatic carbocycles. The second-order valence-electron chi connectivity index (χ2n) is 5.83. The van der Waals surface area contributed by atoms with Crippen molar-refractivity contribution in [1.82, 2.24) is 4.90 Å². The van der Waals surface area contributed by atoms with Crippen molar-refractivity contribution in [3.63, 3.8) is 0 Å².